The van der Waals surface area contributed by atoms with Gasteiger partial charge in [0, 0.05) is 16.3 Å². The van der Waals surface area contributed by atoms with E-state index < -0.39 is 0 Å². The summed E-state index contributed by atoms with van der Waals surface area (Å²) in [6.45, 7) is 5.06. The number of hydrazone groups is 1. The van der Waals surface area contributed by atoms with E-state index >= 15 is 0 Å². The Morgan fingerprint density at radius 2 is 1.57 bits per heavy atom. The van der Waals surface area contributed by atoms with E-state index in [2.05, 4.69) is 20.7 Å². The first kappa shape index (κ1) is 26.2. The Morgan fingerprint density at radius 3 is 2.19 bits per heavy atom. The van der Waals surface area contributed by atoms with Gasteiger partial charge >= 0.3 is 0 Å². The van der Waals surface area contributed by atoms with E-state index in [-0.39, 0.29) is 11.7 Å². The number of amides is 1. The molecule has 1 N–H and O–H groups in total. The predicted molar refractivity (Wildman–Crippen MR) is 147 cm³/mol. The van der Waals surface area contributed by atoms with E-state index in [0.717, 1.165) is 28.3 Å². The number of thioether (sulfide) groups is 1. The molecule has 0 saturated heterocycles. The second-order valence-corrected chi connectivity index (χ2v) is 9.04. The quantitative estimate of drug-likeness (QED) is 0.152. The van der Waals surface area contributed by atoms with Crippen LogP contribution in [0.4, 0.5) is 0 Å². The lowest BCUT2D eigenvalue weighted by Gasteiger charge is -2.11. The van der Waals surface area contributed by atoms with Crippen molar-refractivity contribution in [1.82, 2.24) is 20.2 Å². The number of halogens is 1. The highest BCUT2D eigenvalue weighted by molar-refractivity contribution is 7.99. The number of nitrogens with zero attached hydrogens (tertiary/aromatic N) is 4. The van der Waals surface area contributed by atoms with Crippen LogP contribution in [0.15, 0.2) is 83.1 Å². The molecule has 4 aromatic rings. The molecular weight excluding hydrogens is 510 g/mol. The third kappa shape index (κ3) is 7.12. The molecule has 0 saturated carbocycles. The predicted octanol–water partition coefficient (Wildman–Crippen LogP) is 5.63. The van der Waals surface area contributed by atoms with Crippen LogP contribution in [0, 0.1) is 0 Å². The minimum absolute atomic E-state index is 0.108. The number of aromatic nitrogens is 3. The zero-order valence-electron chi connectivity index (χ0n) is 20.4. The average Bonchev–Trinajstić information content (AvgIpc) is 3.34. The fraction of sp³-hybridized carbons (Fsp3) is 0.185. The Labute approximate surface area is 224 Å². The highest BCUT2D eigenvalue weighted by Crippen LogP contribution is 2.29. The molecule has 0 fully saturated rings. The first-order chi connectivity index (χ1) is 18.1. The molecule has 0 spiro atoms. The maximum absolute atomic E-state index is 12.5. The largest absolute Gasteiger partial charge is 0.494 e. The number of hydrogen-bond acceptors (Lipinski definition) is 7. The van der Waals surface area contributed by atoms with Crippen LogP contribution in [-0.4, -0.2) is 45.9 Å². The molecule has 190 valence electrons. The van der Waals surface area contributed by atoms with Gasteiger partial charge in [0.05, 0.1) is 25.2 Å². The highest BCUT2D eigenvalue weighted by atomic mass is 35.5. The van der Waals surface area contributed by atoms with Crippen LogP contribution in [-0.2, 0) is 4.79 Å². The summed E-state index contributed by atoms with van der Waals surface area (Å²) in [6.07, 6.45) is 1.58. The van der Waals surface area contributed by atoms with Crippen molar-refractivity contribution in [3.05, 3.63) is 83.4 Å². The zero-order valence-corrected chi connectivity index (χ0v) is 22.0. The first-order valence-corrected chi connectivity index (χ1v) is 13.1. The molecular formula is C27H26ClN5O3S. The van der Waals surface area contributed by atoms with Crippen molar-refractivity contribution in [2.24, 2.45) is 5.10 Å². The molecule has 1 aromatic heterocycles. The second-order valence-electron chi connectivity index (χ2n) is 7.66. The maximum atomic E-state index is 12.5. The molecule has 1 amide bonds. The number of nitrogens with one attached hydrogen (secondary N) is 1. The SMILES string of the molecule is CCOc1ccc(C=NNC(=O)CSc2nnc(-c3ccc(Cl)cc3)n2-c2ccc(OCC)cc2)cc1. The number of ether oxygens (including phenoxy) is 2. The molecule has 4 rings (SSSR count). The van der Waals surface area contributed by atoms with Gasteiger partial charge in [0.2, 0.25) is 0 Å². The lowest BCUT2D eigenvalue weighted by molar-refractivity contribution is -0.118. The van der Waals surface area contributed by atoms with Crippen LogP contribution < -0.4 is 14.9 Å². The molecule has 0 aliphatic heterocycles. The Kier molecular flexibility index (Phi) is 9.18. The van der Waals surface area contributed by atoms with Crippen molar-refractivity contribution in [3.63, 3.8) is 0 Å². The van der Waals surface area contributed by atoms with Gasteiger partial charge in [0.1, 0.15) is 11.5 Å². The Bertz CT molecular complexity index is 1340. The number of hydrogen-bond donors (Lipinski definition) is 1. The van der Waals surface area contributed by atoms with Crippen molar-refractivity contribution in [3.8, 4) is 28.6 Å². The lowest BCUT2D eigenvalue weighted by atomic mass is 10.2. The Balaban J connectivity index is 1.47. The highest BCUT2D eigenvalue weighted by Gasteiger charge is 2.17. The monoisotopic (exact) mass is 535 g/mol. The molecule has 0 radical (unpaired) electrons. The summed E-state index contributed by atoms with van der Waals surface area (Å²) >= 11 is 7.34. The van der Waals surface area contributed by atoms with Crippen molar-refractivity contribution in [2.45, 2.75) is 19.0 Å². The molecule has 0 bridgehead atoms. The van der Waals surface area contributed by atoms with Crippen molar-refractivity contribution in [2.75, 3.05) is 19.0 Å². The van der Waals surface area contributed by atoms with Crippen molar-refractivity contribution >= 4 is 35.5 Å². The Morgan fingerprint density at radius 1 is 0.946 bits per heavy atom. The van der Waals surface area contributed by atoms with Gasteiger partial charge in [-0.25, -0.2) is 5.43 Å². The van der Waals surface area contributed by atoms with Crippen molar-refractivity contribution in [1.29, 1.82) is 0 Å². The molecule has 37 heavy (non-hydrogen) atoms. The van der Waals surface area contributed by atoms with Gasteiger partial charge in [0.25, 0.3) is 5.91 Å². The first-order valence-electron chi connectivity index (χ1n) is 11.7. The van der Waals surface area contributed by atoms with Gasteiger partial charge in [0.15, 0.2) is 11.0 Å². The average molecular weight is 536 g/mol. The van der Waals surface area contributed by atoms with Gasteiger partial charge < -0.3 is 9.47 Å². The maximum Gasteiger partial charge on any atom is 0.250 e. The molecule has 0 unspecified atom stereocenters. The minimum Gasteiger partial charge on any atom is -0.494 e. The summed E-state index contributed by atoms with van der Waals surface area (Å²) in [5.41, 5.74) is 5.09. The molecule has 3 aromatic carbocycles. The van der Waals surface area contributed by atoms with E-state index in [9.17, 15) is 4.79 Å². The fourth-order valence-electron chi connectivity index (χ4n) is 3.40. The molecule has 1 heterocycles. The second kappa shape index (κ2) is 12.9. The van der Waals surface area contributed by atoms with E-state index in [0.29, 0.717) is 29.2 Å². The third-order valence-electron chi connectivity index (χ3n) is 5.07. The standard InChI is InChI=1S/C27H26ClN5O3S/c1-3-35-23-13-5-19(6-14-23)17-29-30-25(34)18-37-27-32-31-26(20-7-9-21(28)10-8-20)33(27)22-11-15-24(16-12-22)36-4-2/h5-17H,3-4,18H2,1-2H3,(H,30,34). The van der Waals surface area contributed by atoms with Crippen molar-refractivity contribution < 1.29 is 14.3 Å². The Hall–Kier alpha value is -3.82. The lowest BCUT2D eigenvalue weighted by Crippen LogP contribution is -2.20. The molecule has 0 aliphatic carbocycles. The van der Waals surface area contributed by atoms with Crippen LogP contribution in [0.1, 0.15) is 19.4 Å². The van der Waals surface area contributed by atoms with E-state index in [1.807, 2.05) is 79.1 Å². The number of rotatable bonds is 11. The van der Waals surface area contributed by atoms with Crippen LogP contribution >= 0.6 is 23.4 Å². The fourth-order valence-corrected chi connectivity index (χ4v) is 4.27. The summed E-state index contributed by atoms with van der Waals surface area (Å²) < 4.78 is 12.9. The van der Waals surface area contributed by atoms with Crippen LogP contribution in [0.5, 0.6) is 11.5 Å². The third-order valence-corrected chi connectivity index (χ3v) is 6.25. The van der Waals surface area contributed by atoms with Gasteiger partial charge in [-0.15, -0.1) is 10.2 Å². The zero-order chi connectivity index (χ0) is 26.0. The minimum atomic E-state index is -0.263. The van der Waals surface area contributed by atoms with Crippen LogP contribution in [0.2, 0.25) is 5.02 Å². The van der Waals surface area contributed by atoms with Gasteiger partial charge in [-0.3, -0.25) is 9.36 Å². The summed E-state index contributed by atoms with van der Waals surface area (Å²) in [7, 11) is 0. The molecule has 8 nitrogen and oxygen atoms in total. The molecule has 10 heteroatoms. The van der Waals surface area contributed by atoms with E-state index in [1.54, 1.807) is 18.3 Å². The topological polar surface area (TPSA) is 90.6 Å². The number of benzene rings is 3. The van der Waals surface area contributed by atoms with Crippen LogP contribution in [0.3, 0.4) is 0 Å². The smallest absolute Gasteiger partial charge is 0.250 e. The molecule has 0 atom stereocenters. The van der Waals surface area contributed by atoms with E-state index in [4.69, 9.17) is 21.1 Å². The normalized spacial score (nSPS) is 11.0. The number of carbonyl (C=O) groups excluding carboxylic acids is 1. The van der Waals surface area contributed by atoms with Gasteiger partial charge in [-0.05, 0) is 92.2 Å². The van der Waals surface area contributed by atoms with Gasteiger partial charge in [-0.1, -0.05) is 23.4 Å². The summed E-state index contributed by atoms with van der Waals surface area (Å²) in [5, 5.41) is 14.0. The van der Waals surface area contributed by atoms with Crippen LogP contribution in [0.25, 0.3) is 17.1 Å². The summed E-state index contributed by atoms with van der Waals surface area (Å²) in [5.74, 6) is 2.04. The molecule has 0 aliphatic rings. The van der Waals surface area contributed by atoms with Gasteiger partial charge in [-0.2, -0.15) is 5.10 Å². The summed E-state index contributed by atoms with van der Waals surface area (Å²) in [4.78, 5) is 12.5. The summed E-state index contributed by atoms with van der Waals surface area (Å²) in [6, 6.07) is 22.5. The number of carbonyl (C=O) groups is 1. The van der Waals surface area contributed by atoms with E-state index in [1.165, 1.54) is 11.8 Å².